The summed E-state index contributed by atoms with van der Waals surface area (Å²) < 4.78 is 4.82. The van der Waals surface area contributed by atoms with Crippen molar-refractivity contribution in [2.75, 3.05) is 39.7 Å². The minimum Gasteiger partial charge on any atom is -0.395 e. The molecule has 0 aromatic heterocycles. The van der Waals surface area contributed by atoms with Gasteiger partial charge in [-0.25, -0.2) is 0 Å². The van der Waals surface area contributed by atoms with Crippen molar-refractivity contribution in [3.63, 3.8) is 0 Å². The summed E-state index contributed by atoms with van der Waals surface area (Å²) >= 11 is 1.59. The highest BCUT2D eigenvalue weighted by atomic mass is 32.2. The van der Waals surface area contributed by atoms with Crippen LogP contribution in [0.4, 0.5) is 0 Å². The molecule has 0 aromatic carbocycles. The van der Waals surface area contributed by atoms with Crippen LogP contribution in [-0.4, -0.2) is 62.0 Å². The Labute approximate surface area is 101 Å². The third-order valence-corrected chi connectivity index (χ3v) is 3.42. The van der Waals surface area contributed by atoms with Gasteiger partial charge in [-0.1, -0.05) is 0 Å². The first kappa shape index (κ1) is 15.7. The summed E-state index contributed by atoms with van der Waals surface area (Å²) in [6.45, 7) is 3.38. The van der Waals surface area contributed by atoms with E-state index in [0.717, 1.165) is 0 Å². The van der Waals surface area contributed by atoms with Crippen LogP contribution in [0.3, 0.4) is 0 Å². The fraction of sp³-hybridized carbons (Fsp3) is 0.900. The summed E-state index contributed by atoms with van der Waals surface area (Å²) in [5.41, 5.74) is 0. The van der Waals surface area contributed by atoms with E-state index >= 15 is 0 Å². The second-order valence-electron chi connectivity index (χ2n) is 3.47. The van der Waals surface area contributed by atoms with Crippen molar-refractivity contribution in [2.24, 2.45) is 0 Å². The summed E-state index contributed by atoms with van der Waals surface area (Å²) in [4.78, 5) is 11.3. The number of ether oxygens (including phenoxy) is 1. The SMILES string of the molecule is COCCNC(=O)CNC(C)C(CO)SC. The van der Waals surface area contributed by atoms with Gasteiger partial charge in [-0.2, -0.15) is 11.8 Å². The second-order valence-corrected chi connectivity index (χ2v) is 4.55. The van der Waals surface area contributed by atoms with Crippen molar-refractivity contribution < 1.29 is 14.6 Å². The number of carbonyl (C=O) groups is 1. The molecule has 16 heavy (non-hydrogen) atoms. The Morgan fingerprint density at radius 3 is 2.75 bits per heavy atom. The summed E-state index contributed by atoms with van der Waals surface area (Å²) in [6, 6.07) is 0.105. The number of thioether (sulfide) groups is 1. The number of methoxy groups -OCH3 is 1. The molecule has 0 aliphatic carbocycles. The number of nitrogens with one attached hydrogen (secondary N) is 2. The van der Waals surface area contributed by atoms with Crippen molar-refractivity contribution in [1.82, 2.24) is 10.6 Å². The average Bonchev–Trinajstić information content (AvgIpc) is 2.28. The van der Waals surface area contributed by atoms with E-state index in [1.165, 1.54) is 0 Å². The first-order chi connectivity index (χ1) is 7.65. The van der Waals surface area contributed by atoms with Crippen LogP contribution in [0.2, 0.25) is 0 Å². The van der Waals surface area contributed by atoms with Gasteiger partial charge in [0.2, 0.25) is 5.91 Å². The monoisotopic (exact) mass is 250 g/mol. The molecule has 3 N–H and O–H groups in total. The van der Waals surface area contributed by atoms with Gasteiger partial charge in [0.05, 0.1) is 19.8 Å². The van der Waals surface area contributed by atoms with Crippen molar-refractivity contribution in [2.45, 2.75) is 18.2 Å². The Bertz CT molecular complexity index is 189. The second kappa shape index (κ2) is 9.89. The molecule has 0 heterocycles. The lowest BCUT2D eigenvalue weighted by Crippen LogP contribution is -2.43. The number of hydrogen-bond donors (Lipinski definition) is 3. The zero-order valence-electron chi connectivity index (χ0n) is 10.2. The molecule has 0 saturated carbocycles. The van der Waals surface area contributed by atoms with Crippen LogP contribution in [0.25, 0.3) is 0 Å². The largest absolute Gasteiger partial charge is 0.395 e. The van der Waals surface area contributed by atoms with E-state index in [2.05, 4.69) is 10.6 Å². The standard InChI is InChI=1S/C10H22N2O3S/c1-8(9(7-13)16-3)12-6-10(14)11-4-5-15-2/h8-9,12-13H,4-7H2,1-3H3,(H,11,14). The molecule has 2 atom stereocenters. The fourth-order valence-corrected chi connectivity index (χ4v) is 1.83. The molecular weight excluding hydrogens is 228 g/mol. The van der Waals surface area contributed by atoms with Crippen molar-refractivity contribution in [3.05, 3.63) is 0 Å². The van der Waals surface area contributed by atoms with E-state index in [9.17, 15) is 4.79 Å². The molecule has 6 heteroatoms. The molecule has 0 rings (SSSR count). The maximum Gasteiger partial charge on any atom is 0.234 e. The van der Waals surface area contributed by atoms with Crippen LogP contribution in [0.5, 0.6) is 0 Å². The molecule has 1 amide bonds. The minimum atomic E-state index is -0.0540. The fourth-order valence-electron chi connectivity index (χ4n) is 1.18. The lowest BCUT2D eigenvalue weighted by molar-refractivity contribution is -0.120. The molecule has 96 valence electrons. The first-order valence-electron chi connectivity index (χ1n) is 5.28. The number of rotatable bonds is 9. The molecule has 0 aliphatic rings. The van der Waals surface area contributed by atoms with Gasteiger partial charge in [0.15, 0.2) is 0 Å². The zero-order chi connectivity index (χ0) is 12.4. The number of aliphatic hydroxyl groups excluding tert-OH is 1. The summed E-state index contributed by atoms with van der Waals surface area (Å²) in [5.74, 6) is -0.0540. The maximum absolute atomic E-state index is 11.3. The topological polar surface area (TPSA) is 70.6 Å². The van der Waals surface area contributed by atoms with Crippen molar-refractivity contribution in [1.29, 1.82) is 0 Å². The Kier molecular flexibility index (Phi) is 9.71. The van der Waals surface area contributed by atoms with Crippen LogP contribution in [-0.2, 0) is 9.53 Å². The smallest absolute Gasteiger partial charge is 0.234 e. The van der Waals surface area contributed by atoms with Gasteiger partial charge in [-0.05, 0) is 13.2 Å². The summed E-state index contributed by atoms with van der Waals surface area (Å²) in [7, 11) is 1.59. The molecule has 0 radical (unpaired) electrons. The molecule has 0 saturated heterocycles. The molecule has 5 nitrogen and oxygen atoms in total. The quantitative estimate of drug-likeness (QED) is 0.479. The van der Waals surface area contributed by atoms with Crippen LogP contribution < -0.4 is 10.6 Å². The highest BCUT2D eigenvalue weighted by molar-refractivity contribution is 7.99. The van der Waals surface area contributed by atoms with Gasteiger partial charge >= 0.3 is 0 Å². The lowest BCUT2D eigenvalue weighted by Gasteiger charge is -2.21. The third kappa shape index (κ3) is 7.05. The lowest BCUT2D eigenvalue weighted by atomic mass is 10.2. The van der Waals surface area contributed by atoms with Gasteiger partial charge in [-0.15, -0.1) is 0 Å². The number of aliphatic hydroxyl groups is 1. The van der Waals surface area contributed by atoms with Crippen molar-refractivity contribution >= 4 is 17.7 Å². The Hall–Kier alpha value is -0.300. The minimum absolute atomic E-state index is 0.0540. The third-order valence-electron chi connectivity index (χ3n) is 2.25. The van der Waals surface area contributed by atoms with E-state index < -0.39 is 0 Å². The normalized spacial score (nSPS) is 14.5. The highest BCUT2D eigenvalue weighted by Crippen LogP contribution is 2.09. The Balaban J connectivity index is 3.65. The number of carbonyl (C=O) groups excluding carboxylic acids is 1. The van der Waals surface area contributed by atoms with Crippen molar-refractivity contribution in [3.8, 4) is 0 Å². The predicted octanol–water partition coefficient (Wildman–Crippen LogP) is -0.549. The van der Waals surface area contributed by atoms with Crippen LogP contribution >= 0.6 is 11.8 Å². The van der Waals surface area contributed by atoms with E-state index in [-0.39, 0.29) is 30.4 Å². The molecular formula is C10H22N2O3S. The summed E-state index contributed by atoms with van der Waals surface area (Å²) in [5, 5.41) is 15.0. The predicted molar refractivity (Wildman–Crippen MR) is 66.7 cm³/mol. The highest BCUT2D eigenvalue weighted by Gasteiger charge is 2.15. The Morgan fingerprint density at radius 1 is 1.56 bits per heavy atom. The maximum atomic E-state index is 11.3. The first-order valence-corrected chi connectivity index (χ1v) is 6.57. The van der Waals surface area contributed by atoms with E-state index in [4.69, 9.17) is 9.84 Å². The molecule has 0 bridgehead atoms. The average molecular weight is 250 g/mol. The van der Waals surface area contributed by atoms with Gasteiger partial charge in [0, 0.05) is 24.9 Å². The molecule has 0 spiro atoms. The molecule has 2 unspecified atom stereocenters. The van der Waals surface area contributed by atoms with E-state index in [1.54, 1.807) is 18.9 Å². The van der Waals surface area contributed by atoms with Gasteiger partial charge in [0.25, 0.3) is 0 Å². The van der Waals surface area contributed by atoms with E-state index in [0.29, 0.717) is 13.2 Å². The number of hydrogen-bond acceptors (Lipinski definition) is 5. The van der Waals surface area contributed by atoms with E-state index in [1.807, 2.05) is 13.2 Å². The summed E-state index contributed by atoms with van der Waals surface area (Å²) in [6.07, 6.45) is 1.94. The van der Waals surface area contributed by atoms with Crippen LogP contribution in [0, 0.1) is 0 Å². The molecule has 0 aliphatic heterocycles. The Morgan fingerprint density at radius 2 is 2.25 bits per heavy atom. The van der Waals surface area contributed by atoms with Gasteiger partial charge in [-0.3, -0.25) is 4.79 Å². The molecule has 0 aromatic rings. The van der Waals surface area contributed by atoms with Gasteiger partial charge < -0.3 is 20.5 Å². The number of amides is 1. The zero-order valence-corrected chi connectivity index (χ0v) is 11.0. The molecule has 0 fully saturated rings. The van der Waals surface area contributed by atoms with Gasteiger partial charge in [0.1, 0.15) is 0 Å². The van der Waals surface area contributed by atoms with Crippen LogP contribution in [0.1, 0.15) is 6.92 Å². The van der Waals surface area contributed by atoms with Crippen LogP contribution in [0.15, 0.2) is 0 Å².